The van der Waals surface area contributed by atoms with E-state index < -0.39 is 10.0 Å². The van der Waals surface area contributed by atoms with Gasteiger partial charge in [0.15, 0.2) is 0 Å². The van der Waals surface area contributed by atoms with Gasteiger partial charge in [0.05, 0.1) is 4.90 Å². The molecule has 1 heterocycles. The van der Waals surface area contributed by atoms with Crippen molar-refractivity contribution in [2.24, 2.45) is 5.92 Å². The van der Waals surface area contributed by atoms with Crippen LogP contribution in [-0.2, 0) is 14.8 Å². The number of halogens is 1. The van der Waals surface area contributed by atoms with Gasteiger partial charge in [-0.2, -0.15) is 0 Å². The lowest BCUT2D eigenvalue weighted by Crippen LogP contribution is -2.36. The summed E-state index contributed by atoms with van der Waals surface area (Å²) in [7, 11) is -3.64. The average Bonchev–Trinajstić information content (AvgIpc) is 2.60. The van der Waals surface area contributed by atoms with Crippen LogP contribution in [0.1, 0.15) is 32.6 Å². The molecule has 2 N–H and O–H groups in total. The minimum Gasteiger partial charge on any atom is -0.356 e. The number of hydrogen-bond donors (Lipinski definition) is 2. The van der Waals surface area contributed by atoms with Gasteiger partial charge in [0.25, 0.3) is 0 Å². The highest BCUT2D eigenvalue weighted by Gasteiger charge is 2.16. The molecule has 0 aliphatic carbocycles. The first-order chi connectivity index (χ1) is 12.4. The normalized spacial score (nSPS) is 16.5. The van der Waals surface area contributed by atoms with Gasteiger partial charge in [-0.3, -0.25) is 4.79 Å². The van der Waals surface area contributed by atoms with Crippen LogP contribution in [0.15, 0.2) is 29.2 Å². The van der Waals surface area contributed by atoms with E-state index in [-0.39, 0.29) is 23.8 Å². The largest absolute Gasteiger partial charge is 0.356 e. The second-order valence-electron chi connectivity index (χ2n) is 6.83. The number of amides is 1. The summed E-state index contributed by atoms with van der Waals surface area (Å²) in [5, 5.41) is 3.20. The Morgan fingerprint density at radius 1 is 1.27 bits per heavy atom. The molecule has 1 fully saturated rings. The van der Waals surface area contributed by atoms with Crippen molar-refractivity contribution >= 4 is 27.5 Å². The van der Waals surface area contributed by atoms with Crippen molar-refractivity contribution in [2.45, 2.75) is 37.5 Å². The number of hydrogen-bond acceptors (Lipinski definition) is 4. The second-order valence-corrected chi connectivity index (χ2v) is 9.04. The van der Waals surface area contributed by atoms with Crippen molar-refractivity contribution in [3.8, 4) is 0 Å². The fourth-order valence-electron chi connectivity index (χ4n) is 2.92. The lowest BCUT2D eigenvalue weighted by atomic mass is 9.99. The molecule has 6 nitrogen and oxygen atoms in total. The molecule has 0 unspecified atom stereocenters. The molecule has 1 amide bonds. The van der Waals surface area contributed by atoms with Crippen molar-refractivity contribution in [3.05, 3.63) is 29.3 Å². The maximum Gasteiger partial charge on any atom is 0.240 e. The number of carbonyl (C=O) groups excluding carboxylic acids is 1. The van der Waals surface area contributed by atoms with Crippen LogP contribution in [0.2, 0.25) is 5.02 Å². The zero-order chi connectivity index (χ0) is 19.0. The molecular weight excluding hydrogens is 374 g/mol. The third-order valence-corrected chi connectivity index (χ3v) is 6.29. The van der Waals surface area contributed by atoms with Crippen molar-refractivity contribution in [1.82, 2.24) is 14.9 Å². The molecular formula is C18H28ClN3O3S. The van der Waals surface area contributed by atoms with Gasteiger partial charge in [-0.25, -0.2) is 13.1 Å². The summed E-state index contributed by atoms with van der Waals surface area (Å²) in [5.41, 5.74) is 0. The van der Waals surface area contributed by atoms with E-state index in [2.05, 4.69) is 21.9 Å². The topological polar surface area (TPSA) is 78.5 Å². The summed E-state index contributed by atoms with van der Waals surface area (Å²) >= 11 is 5.81. The van der Waals surface area contributed by atoms with E-state index >= 15 is 0 Å². The Kier molecular flexibility index (Phi) is 8.34. The lowest BCUT2D eigenvalue weighted by molar-refractivity contribution is -0.120. The number of benzene rings is 1. The van der Waals surface area contributed by atoms with Crippen LogP contribution in [0.4, 0.5) is 0 Å². The minimum absolute atomic E-state index is 0.0602. The Hall–Kier alpha value is -1.15. The highest BCUT2D eigenvalue weighted by molar-refractivity contribution is 7.89. The Morgan fingerprint density at radius 3 is 2.69 bits per heavy atom. The second kappa shape index (κ2) is 10.3. The summed E-state index contributed by atoms with van der Waals surface area (Å²) in [4.78, 5) is 14.4. The van der Waals surface area contributed by atoms with Crippen LogP contribution in [-0.4, -0.2) is 51.9 Å². The van der Waals surface area contributed by atoms with Gasteiger partial charge in [0.2, 0.25) is 15.9 Å². The number of piperidine rings is 1. The fourth-order valence-corrected chi connectivity index (χ4v) is 4.25. The number of nitrogens with one attached hydrogen (secondary N) is 2. The zero-order valence-electron chi connectivity index (χ0n) is 15.2. The van der Waals surface area contributed by atoms with E-state index in [1.165, 1.54) is 25.0 Å². The monoisotopic (exact) mass is 401 g/mol. The molecule has 1 saturated heterocycles. The van der Waals surface area contributed by atoms with Crippen molar-refractivity contribution in [3.63, 3.8) is 0 Å². The van der Waals surface area contributed by atoms with Gasteiger partial charge >= 0.3 is 0 Å². The Morgan fingerprint density at radius 2 is 2.00 bits per heavy atom. The first-order valence-electron chi connectivity index (χ1n) is 9.11. The molecule has 0 bridgehead atoms. The first kappa shape index (κ1) is 21.2. The zero-order valence-corrected chi connectivity index (χ0v) is 16.8. The van der Waals surface area contributed by atoms with Crippen molar-refractivity contribution < 1.29 is 13.2 Å². The third-order valence-electron chi connectivity index (χ3n) is 4.60. The van der Waals surface area contributed by atoms with Crippen LogP contribution >= 0.6 is 11.6 Å². The number of carbonyl (C=O) groups is 1. The Balaban J connectivity index is 1.60. The third kappa shape index (κ3) is 7.23. The Labute approximate surface area is 161 Å². The fraction of sp³-hybridized carbons (Fsp3) is 0.611. The molecule has 26 heavy (non-hydrogen) atoms. The molecule has 0 aromatic heterocycles. The van der Waals surface area contributed by atoms with Gasteiger partial charge in [-0.1, -0.05) is 24.6 Å². The van der Waals surface area contributed by atoms with Gasteiger partial charge in [0.1, 0.15) is 0 Å². The summed E-state index contributed by atoms with van der Waals surface area (Å²) in [5.74, 6) is 0.674. The van der Waals surface area contributed by atoms with E-state index in [0.29, 0.717) is 11.6 Å². The van der Waals surface area contributed by atoms with Gasteiger partial charge in [-0.15, -0.1) is 0 Å². The number of rotatable bonds is 9. The van der Waals surface area contributed by atoms with Crippen LogP contribution in [0.3, 0.4) is 0 Å². The average molecular weight is 402 g/mol. The standard InChI is InChI=1S/C18H28ClN3O3S/c1-15-7-12-22(13-8-15)11-3-9-20-18(23)6-10-21-26(24,25)17-5-2-4-16(19)14-17/h2,4-5,14-15,21H,3,6-13H2,1H3,(H,20,23). The first-order valence-corrected chi connectivity index (χ1v) is 11.0. The molecule has 1 aromatic carbocycles. The number of likely N-dealkylation sites (tertiary alicyclic amines) is 1. The van der Waals surface area contributed by atoms with Gasteiger partial charge in [-0.05, 0) is 63.0 Å². The van der Waals surface area contributed by atoms with Crippen LogP contribution in [0.5, 0.6) is 0 Å². The van der Waals surface area contributed by atoms with Crippen LogP contribution in [0, 0.1) is 5.92 Å². The highest BCUT2D eigenvalue weighted by atomic mass is 35.5. The summed E-state index contributed by atoms with van der Waals surface area (Å²) in [6.07, 6.45) is 3.52. The highest BCUT2D eigenvalue weighted by Crippen LogP contribution is 2.16. The predicted molar refractivity (Wildman–Crippen MR) is 104 cm³/mol. The number of sulfonamides is 1. The smallest absolute Gasteiger partial charge is 0.240 e. The van der Waals surface area contributed by atoms with E-state index in [4.69, 9.17) is 11.6 Å². The molecule has 1 aromatic rings. The van der Waals surface area contributed by atoms with E-state index in [1.54, 1.807) is 12.1 Å². The summed E-state index contributed by atoms with van der Waals surface area (Å²) < 4.78 is 26.7. The quantitative estimate of drug-likeness (QED) is 0.622. The van der Waals surface area contributed by atoms with Crippen LogP contribution in [0.25, 0.3) is 0 Å². The lowest BCUT2D eigenvalue weighted by Gasteiger charge is -2.30. The van der Waals surface area contributed by atoms with E-state index in [0.717, 1.165) is 32.0 Å². The summed E-state index contributed by atoms with van der Waals surface area (Å²) in [6.45, 7) is 6.24. The van der Waals surface area contributed by atoms with Crippen molar-refractivity contribution in [2.75, 3.05) is 32.7 Å². The van der Waals surface area contributed by atoms with E-state index in [1.807, 2.05) is 0 Å². The Bertz CT molecular complexity index is 689. The molecule has 2 rings (SSSR count). The predicted octanol–water partition coefficient (Wildman–Crippen LogP) is 2.25. The molecule has 0 spiro atoms. The molecule has 0 atom stereocenters. The molecule has 1 aliphatic rings. The van der Waals surface area contributed by atoms with Gasteiger partial charge in [0, 0.05) is 24.5 Å². The maximum absolute atomic E-state index is 12.1. The molecule has 1 aliphatic heterocycles. The molecule has 146 valence electrons. The van der Waals surface area contributed by atoms with E-state index in [9.17, 15) is 13.2 Å². The van der Waals surface area contributed by atoms with Crippen molar-refractivity contribution in [1.29, 1.82) is 0 Å². The maximum atomic E-state index is 12.1. The molecule has 8 heteroatoms. The molecule has 0 radical (unpaired) electrons. The van der Waals surface area contributed by atoms with Crippen LogP contribution < -0.4 is 10.0 Å². The molecule has 0 saturated carbocycles. The minimum atomic E-state index is -3.64. The summed E-state index contributed by atoms with van der Waals surface area (Å²) in [6, 6.07) is 6.03. The van der Waals surface area contributed by atoms with Gasteiger partial charge < -0.3 is 10.2 Å². The SMILES string of the molecule is CC1CCN(CCCNC(=O)CCNS(=O)(=O)c2cccc(Cl)c2)CC1. The number of nitrogens with zero attached hydrogens (tertiary/aromatic N) is 1.